The van der Waals surface area contributed by atoms with Crippen molar-refractivity contribution in [3.63, 3.8) is 0 Å². The monoisotopic (exact) mass is 271 g/mol. The third-order valence-electron chi connectivity index (χ3n) is 2.14. The molecule has 0 radical (unpaired) electrons. The summed E-state index contributed by atoms with van der Waals surface area (Å²) >= 11 is 6.13. The fourth-order valence-corrected chi connectivity index (χ4v) is 2.49. The molecule has 0 spiro atoms. The van der Waals surface area contributed by atoms with Crippen LogP contribution in [0, 0.1) is 0 Å². The Hall–Kier alpha value is -0.0600. The molecule has 0 heterocycles. The molecule has 0 aliphatic rings. The summed E-state index contributed by atoms with van der Waals surface area (Å²) in [6, 6.07) is 16.1. The maximum atomic E-state index is 5.20. The van der Waals surface area contributed by atoms with Crippen molar-refractivity contribution < 1.29 is 34.3 Å². The van der Waals surface area contributed by atoms with Gasteiger partial charge in [-0.2, -0.15) is 0 Å². The number of ether oxygens (including phenoxy) is 1. The molecule has 0 amide bonds. The zero-order valence-corrected chi connectivity index (χ0v) is 13.6. The molecular weight excluding hydrogens is 259 g/mol. The molecule has 1 nitrogen and oxygen atoms in total. The average Bonchev–Trinajstić information content (AvgIpc) is 2.33. The maximum absolute atomic E-state index is 5.20. The van der Waals surface area contributed by atoms with Crippen molar-refractivity contribution in [1.82, 2.24) is 0 Å². The van der Waals surface area contributed by atoms with Gasteiger partial charge in [-0.1, -0.05) is 30.0 Å². The van der Waals surface area contributed by atoms with Gasteiger partial charge in [0.1, 0.15) is 5.75 Å². The van der Waals surface area contributed by atoms with Crippen LogP contribution >= 0.6 is 24.4 Å². The first kappa shape index (κ1) is 15.0. The summed E-state index contributed by atoms with van der Waals surface area (Å²) in [4.78, 5) is 3.27. The second kappa shape index (κ2) is 7.39. The largest absolute Gasteiger partial charge is 1.00 e. The fourth-order valence-electron chi connectivity index (χ4n) is 1.32. The van der Waals surface area contributed by atoms with Crippen molar-refractivity contribution in [1.29, 1.82) is 0 Å². The summed E-state index contributed by atoms with van der Waals surface area (Å²) in [5, 5.41) is 0. The molecule has 0 N–H and O–H groups in total. The molecule has 0 saturated heterocycles. The van der Waals surface area contributed by atoms with Gasteiger partial charge in [0.05, 0.1) is 7.11 Å². The Kier molecular flexibility index (Phi) is 6.52. The van der Waals surface area contributed by atoms with Gasteiger partial charge in [0, 0.05) is 14.7 Å². The van der Waals surface area contributed by atoms with Crippen LogP contribution < -0.4 is 34.3 Å². The van der Waals surface area contributed by atoms with Gasteiger partial charge in [0.2, 0.25) is 0 Å². The van der Waals surface area contributed by atoms with E-state index in [1.54, 1.807) is 18.9 Å². The SMILES string of the molecule is COc1ccc(S)c(Sc2ccccc2)c1.[Na+]. The maximum Gasteiger partial charge on any atom is 1.00 e. The average molecular weight is 271 g/mol. The van der Waals surface area contributed by atoms with E-state index in [4.69, 9.17) is 4.74 Å². The van der Waals surface area contributed by atoms with Gasteiger partial charge in [-0.05, 0) is 30.3 Å². The Morgan fingerprint density at radius 3 is 2.41 bits per heavy atom. The molecule has 2 aromatic rings. The first-order chi connectivity index (χ1) is 7.79. The Labute approximate surface area is 134 Å². The second-order valence-electron chi connectivity index (χ2n) is 3.25. The van der Waals surface area contributed by atoms with E-state index >= 15 is 0 Å². The van der Waals surface area contributed by atoms with Crippen molar-refractivity contribution >= 4 is 24.4 Å². The second-order valence-corrected chi connectivity index (χ2v) is 4.85. The van der Waals surface area contributed by atoms with E-state index in [-0.39, 0.29) is 29.6 Å². The minimum atomic E-state index is 0. The van der Waals surface area contributed by atoms with Crippen LogP contribution in [0.15, 0.2) is 63.2 Å². The summed E-state index contributed by atoms with van der Waals surface area (Å²) in [6.07, 6.45) is 0. The Balaban J connectivity index is 0.00000144. The Morgan fingerprint density at radius 1 is 1.06 bits per heavy atom. The number of hydrogen-bond acceptors (Lipinski definition) is 3. The van der Waals surface area contributed by atoms with E-state index in [2.05, 4.69) is 24.8 Å². The van der Waals surface area contributed by atoms with Gasteiger partial charge in [0.25, 0.3) is 0 Å². The number of hydrogen-bond donors (Lipinski definition) is 1. The molecule has 82 valence electrons. The molecule has 0 aromatic heterocycles. The van der Waals surface area contributed by atoms with E-state index in [1.165, 1.54) is 4.90 Å². The van der Waals surface area contributed by atoms with Crippen molar-refractivity contribution in [2.45, 2.75) is 14.7 Å². The molecule has 0 atom stereocenters. The van der Waals surface area contributed by atoms with Crippen LogP contribution in [-0.2, 0) is 0 Å². The van der Waals surface area contributed by atoms with Crippen molar-refractivity contribution in [2.24, 2.45) is 0 Å². The number of benzene rings is 2. The minimum absolute atomic E-state index is 0. The topological polar surface area (TPSA) is 9.23 Å². The predicted molar refractivity (Wildman–Crippen MR) is 70.8 cm³/mol. The predicted octanol–water partition coefficient (Wildman–Crippen LogP) is 1.14. The van der Waals surface area contributed by atoms with Crippen LogP contribution in [0.3, 0.4) is 0 Å². The molecule has 0 fully saturated rings. The third-order valence-corrected chi connectivity index (χ3v) is 3.74. The molecule has 2 rings (SSSR count). The normalized spacial score (nSPS) is 9.53. The Morgan fingerprint density at radius 2 is 1.76 bits per heavy atom. The Bertz CT molecular complexity index is 474. The van der Waals surface area contributed by atoms with Crippen LogP contribution in [0.25, 0.3) is 0 Å². The van der Waals surface area contributed by atoms with E-state index in [0.29, 0.717) is 0 Å². The third kappa shape index (κ3) is 4.27. The number of methoxy groups -OCH3 is 1. The van der Waals surface area contributed by atoms with Crippen LogP contribution in [-0.4, -0.2) is 7.11 Å². The summed E-state index contributed by atoms with van der Waals surface area (Å²) < 4.78 is 5.20. The van der Waals surface area contributed by atoms with E-state index < -0.39 is 0 Å². The fraction of sp³-hybridized carbons (Fsp3) is 0.0769. The molecule has 0 aliphatic carbocycles. The van der Waals surface area contributed by atoms with Gasteiger partial charge >= 0.3 is 29.6 Å². The molecule has 0 saturated carbocycles. The van der Waals surface area contributed by atoms with E-state index in [9.17, 15) is 0 Å². The van der Waals surface area contributed by atoms with Gasteiger partial charge in [-0.3, -0.25) is 0 Å². The van der Waals surface area contributed by atoms with Gasteiger partial charge in [0.15, 0.2) is 0 Å². The number of rotatable bonds is 3. The quantitative estimate of drug-likeness (QED) is 0.662. The van der Waals surface area contributed by atoms with Gasteiger partial charge < -0.3 is 4.74 Å². The van der Waals surface area contributed by atoms with Crippen molar-refractivity contribution in [3.05, 3.63) is 48.5 Å². The molecular formula is C13H12NaOS2+. The van der Waals surface area contributed by atoms with Crippen LogP contribution in [0.2, 0.25) is 0 Å². The number of thiol groups is 1. The molecule has 4 heteroatoms. The molecule has 0 bridgehead atoms. The minimum Gasteiger partial charge on any atom is -0.497 e. The summed E-state index contributed by atoms with van der Waals surface area (Å²) in [5.74, 6) is 0.858. The molecule has 2 aromatic carbocycles. The first-order valence-electron chi connectivity index (χ1n) is 4.89. The van der Waals surface area contributed by atoms with Crippen molar-refractivity contribution in [2.75, 3.05) is 7.11 Å². The summed E-state index contributed by atoms with van der Waals surface area (Å²) in [6.45, 7) is 0. The van der Waals surface area contributed by atoms with Crippen LogP contribution in [0.5, 0.6) is 5.75 Å². The molecule has 17 heavy (non-hydrogen) atoms. The van der Waals surface area contributed by atoms with E-state index in [0.717, 1.165) is 15.5 Å². The standard InChI is InChI=1S/C13H12OS2.Na/c1-14-10-7-8-12(15)13(9-10)16-11-5-3-2-4-6-11;/h2-9,15H,1H3;/q;+1. The smallest absolute Gasteiger partial charge is 0.497 e. The zero-order chi connectivity index (χ0) is 11.4. The first-order valence-corrected chi connectivity index (χ1v) is 6.16. The zero-order valence-electron chi connectivity index (χ0n) is 9.88. The van der Waals surface area contributed by atoms with E-state index in [1.807, 2.05) is 36.4 Å². The summed E-state index contributed by atoms with van der Waals surface area (Å²) in [7, 11) is 1.67. The van der Waals surface area contributed by atoms with Crippen molar-refractivity contribution in [3.8, 4) is 5.75 Å². The van der Waals surface area contributed by atoms with Gasteiger partial charge in [-0.25, -0.2) is 0 Å². The molecule has 0 unspecified atom stereocenters. The summed E-state index contributed by atoms with van der Waals surface area (Å²) in [5.41, 5.74) is 0. The molecule has 0 aliphatic heterocycles. The van der Waals surface area contributed by atoms with Crippen LogP contribution in [0.1, 0.15) is 0 Å². The van der Waals surface area contributed by atoms with Gasteiger partial charge in [-0.15, -0.1) is 12.6 Å². The van der Waals surface area contributed by atoms with Crippen LogP contribution in [0.4, 0.5) is 0 Å².